The Morgan fingerprint density at radius 3 is 2.53 bits per heavy atom. The standard InChI is InChI=1S/C15H21NO/c1-10-6-7-13-12(8-10)11(2)14(17-13)9-16-15(3,4)5/h6-8,16H,9H2,1-5H3. The zero-order chi connectivity index (χ0) is 12.6. The molecule has 0 unspecified atom stereocenters. The summed E-state index contributed by atoms with van der Waals surface area (Å²) in [5, 5.41) is 4.69. The second-order valence-electron chi connectivity index (χ2n) is 5.75. The largest absolute Gasteiger partial charge is 0.459 e. The molecule has 92 valence electrons. The van der Waals surface area contributed by atoms with Crippen molar-refractivity contribution in [3.05, 3.63) is 35.1 Å². The van der Waals surface area contributed by atoms with E-state index in [2.05, 4.69) is 58.1 Å². The van der Waals surface area contributed by atoms with E-state index in [0.717, 1.165) is 17.9 Å². The molecule has 0 spiro atoms. The summed E-state index contributed by atoms with van der Waals surface area (Å²) in [6, 6.07) is 6.33. The molecular weight excluding hydrogens is 210 g/mol. The summed E-state index contributed by atoms with van der Waals surface area (Å²) in [5.74, 6) is 1.04. The van der Waals surface area contributed by atoms with Gasteiger partial charge in [0.25, 0.3) is 0 Å². The van der Waals surface area contributed by atoms with Crippen molar-refractivity contribution in [1.29, 1.82) is 0 Å². The van der Waals surface area contributed by atoms with Gasteiger partial charge in [-0.2, -0.15) is 0 Å². The summed E-state index contributed by atoms with van der Waals surface area (Å²) < 4.78 is 5.89. The molecule has 17 heavy (non-hydrogen) atoms. The van der Waals surface area contributed by atoms with Gasteiger partial charge in [0.05, 0.1) is 6.54 Å². The molecule has 1 heterocycles. The van der Waals surface area contributed by atoms with Crippen LogP contribution in [0, 0.1) is 13.8 Å². The smallest absolute Gasteiger partial charge is 0.134 e. The Morgan fingerprint density at radius 2 is 1.88 bits per heavy atom. The van der Waals surface area contributed by atoms with Crippen LogP contribution in [0.2, 0.25) is 0 Å². The number of fused-ring (bicyclic) bond motifs is 1. The predicted octanol–water partition coefficient (Wildman–Crippen LogP) is 3.94. The van der Waals surface area contributed by atoms with E-state index in [1.165, 1.54) is 16.5 Å². The van der Waals surface area contributed by atoms with Crippen molar-refractivity contribution < 1.29 is 4.42 Å². The quantitative estimate of drug-likeness (QED) is 0.847. The van der Waals surface area contributed by atoms with E-state index in [4.69, 9.17) is 4.42 Å². The third-order valence-electron chi connectivity index (χ3n) is 2.97. The summed E-state index contributed by atoms with van der Waals surface area (Å²) in [7, 11) is 0. The van der Waals surface area contributed by atoms with E-state index in [0.29, 0.717) is 0 Å². The Balaban J connectivity index is 2.33. The van der Waals surface area contributed by atoms with Crippen molar-refractivity contribution in [2.75, 3.05) is 0 Å². The van der Waals surface area contributed by atoms with Crippen molar-refractivity contribution in [2.24, 2.45) is 0 Å². The minimum atomic E-state index is 0.112. The highest BCUT2D eigenvalue weighted by Crippen LogP contribution is 2.26. The van der Waals surface area contributed by atoms with Crippen LogP contribution >= 0.6 is 0 Å². The lowest BCUT2D eigenvalue weighted by Gasteiger charge is -2.19. The number of hydrogen-bond donors (Lipinski definition) is 1. The van der Waals surface area contributed by atoms with Crippen molar-refractivity contribution >= 4 is 11.0 Å². The fourth-order valence-electron chi connectivity index (χ4n) is 1.90. The Labute approximate surface area is 103 Å². The maximum absolute atomic E-state index is 5.89. The summed E-state index contributed by atoms with van der Waals surface area (Å²) in [4.78, 5) is 0. The van der Waals surface area contributed by atoms with Gasteiger partial charge in [0.2, 0.25) is 0 Å². The van der Waals surface area contributed by atoms with Crippen molar-refractivity contribution in [3.63, 3.8) is 0 Å². The van der Waals surface area contributed by atoms with Gasteiger partial charge in [-0.25, -0.2) is 0 Å². The molecule has 0 amide bonds. The fraction of sp³-hybridized carbons (Fsp3) is 0.467. The molecule has 2 aromatic rings. The molecule has 0 atom stereocenters. The van der Waals surface area contributed by atoms with E-state index in [1.54, 1.807) is 0 Å². The van der Waals surface area contributed by atoms with Crippen LogP contribution in [-0.2, 0) is 6.54 Å². The fourth-order valence-corrected chi connectivity index (χ4v) is 1.90. The molecule has 0 aliphatic heterocycles. The van der Waals surface area contributed by atoms with Crippen molar-refractivity contribution in [2.45, 2.75) is 46.7 Å². The third kappa shape index (κ3) is 2.70. The molecule has 2 nitrogen and oxygen atoms in total. The molecule has 0 saturated carbocycles. The molecular formula is C15H21NO. The number of nitrogens with one attached hydrogen (secondary N) is 1. The first-order valence-corrected chi connectivity index (χ1v) is 6.10. The molecule has 1 aromatic carbocycles. The maximum Gasteiger partial charge on any atom is 0.134 e. The van der Waals surface area contributed by atoms with Gasteiger partial charge >= 0.3 is 0 Å². The average molecular weight is 231 g/mol. The lowest BCUT2D eigenvalue weighted by atomic mass is 10.1. The summed E-state index contributed by atoms with van der Waals surface area (Å²) in [6.07, 6.45) is 0. The third-order valence-corrected chi connectivity index (χ3v) is 2.97. The number of furan rings is 1. The van der Waals surface area contributed by atoms with Crippen LogP contribution in [0.25, 0.3) is 11.0 Å². The van der Waals surface area contributed by atoms with Gasteiger partial charge in [0.15, 0.2) is 0 Å². The minimum absolute atomic E-state index is 0.112. The molecule has 0 radical (unpaired) electrons. The summed E-state index contributed by atoms with van der Waals surface area (Å²) in [5.41, 5.74) is 3.62. The van der Waals surface area contributed by atoms with E-state index >= 15 is 0 Å². The Hall–Kier alpha value is -1.28. The van der Waals surface area contributed by atoms with Crippen LogP contribution < -0.4 is 5.32 Å². The highest BCUT2D eigenvalue weighted by molar-refractivity contribution is 5.82. The van der Waals surface area contributed by atoms with Gasteiger partial charge in [0, 0.05) is 10.9 Å². The zero-order valence-electron chi connectivity index (χ0n) is 11.3. The number of hydrogen-bond acceptors (Lipinski definition) is 2. The lowest BCUT2D eigenvalue weighted by molar-refractivity contribution is 0.394. The molecule has 2 heteroatoms. The van der Waals surface area contributed by atoms with Gasteiger partial charge < -0.3 is 9.73 Å². The highest BCUT2D eigenvalue weighted by atomic mass is 16.3. The molecule has 0 bridgehead atoms. The van der Waals surface area contributed by atoms with Gasteiger partial charge in [-0.3, -0.25) is 0 Å². The maximum atomic E-state index is 5.89. The van der Waals surface area contributed by atoms with Crippen LogP contribution in [0.1, 0.15) is 37.7 Å². The van der Waals surface area contributed by atoms with Crippen LogP contribution in [0.4, 0.5) is 0 Å². The second-order valence-corrected chi connectivity index (χ2v) is 5.75. The van der Waals surface area contributed by atoms with Crippen LogP contribution in [0.5, 0.6) is 0 Å². The molecule has 0 aliphatic carbocycles. The van der Waals surface area contributed by atoms with E-state index in [1.807, 2.05) is 0 Å². The van der Waals surface area contributed by atoms with Gasteiger partial charge in [-0.1, -0.05) is 11.6 Å². The normalized spacial score (nSPS) is 12.3. The van der Waals surface area contributed by atoms with Gasteiger partial charge in [-0.05, 0) is 52.3 Å². The van der Waals surface area contributed by atoms with E-state index in [-0.39, 0.29) is 5.54 Å². The predicted molar refractivity (Wildman–Crippen MR) is 72.3 cm³/mol. The first-order valence-electron chi connectivity index (χ1n) is 6.10. The summed E-state index contributed by atoms with van der Waals surface area (Å²) in [6.45, 7) is 11.5. The molecule has 2 rings (SSSR count). The van der Waals surface area contributed by atoms with Gasteiger partial charge in [0.1, 0.15) is 11.3 Å². The van der Waals surface area contributed by atoms with Crippen molar-refractivity contribution in [3.8, 4) is 0 Å². The van der Waals surface area contributed by atoms with Gasteiger partial charge in [-0.15, -0.1) is 0 Å². The molecule has 1 aromatic heterocycles. The van der Waals surface area contributed by atoms with E-state index < -0.39 is 0 Å². The SMILES string of the molecule is Cc1ccc2oc(CNC(C)(C)C)c(C)c2c1. The molecule has 1 N–H and O–H groups in total. The topological polar surface area (TPSA) is 25.2 Å². The molecule has 0 fully saturated rings. The van der Waals surface area contributed by atoms with Crippen molar-refractivity contribution in [1.82, 2.24) is 5.32 Å². The van der Waals surface area contributed by atoms with Crippen LogP contribution in [0.3, 0.4) is 0 Å². The zero-order valence-corrected chi connectivity index (χ0v) is 11.3. The Morgan fingerprint density at radius 1 is 1.18 bits per heavy atom. The number of benzene rings is 1. The first-order chi connectivity index (χ1) is 7.87. The van der Waals surface area contributed by atoms with Crippen LogP contribution in [0.15, 0.2) is 22.6 Å². The Bertz CT molecular complexity index is 532. The molecule has 0 saturated heterocycles. The number of aryl methyl sites for hydroxylation is 2. The summed E-state index contributed by atoms with van der Waals surface area (Å²) >= 11 is 0. The Kier molecular flexibility index (Phi) is 3.00. The number of rotatable bonds is 2. The average Bonchev–Trinajstić information content (AvgIpc) is 2.52. The monoisotopic (exact) mass is 231 g/mol. The van der Waals surface area contributed by atoms with E-state index in [9.17, 15) is 0 Å². The lowest BCUT2D eigenvalue weighted by Crippen LogP contribution is -2.35. The molecule has 0 aliphatic rings. The minimum Gasteiger partial charge on any atom is -0.459 e. The highest BCUT2D eigenvalue weighted by Gasteiger charge is 2.14. The second kappa shape index (κ2) is 4.19. The first kappa shape index (κ1) is 12.2. The van der Waals surface area contributed by atoms with Crippen LogP contribution in [-0.4, -0.2) is 5.54 Å².